The number of fused-ring (bicyclic) bond motifs is 1. The summed E-state index contributed by atoms with van der Waals surface area (Å²) in [6.07, 6.45) is 0.690. The summed E-state index contributed by atoms with van der Waals surface area (Å²) in [5, 5.41) is 12.5. The van der Waals surface area contributed by atoms with Crippen LogP contribution in [0.5, 0.6) is 11.5 Å². The molecule has 4 aromatic carbocycles. The zero-order valence-electron chi connectivity index (χ0n) is 30.4. The number of carbonyl (C=O) groups excluding carboxylic acids is 2. The van der Waals surface area contributed by atoms with Crippen LogP contribution in [-0.4, -0.2) is 57.1 Å². The smallest absolute Gasteiger partial charge is 0.341 e. The second-order valence-electron chi connectivity index (χ2n) is 12.7. The average molecular weight is 760 g/mol. The van der Waals surface area contributed by atoms with Gasteiger partial charge in [0, 0.05) is 30.1 Å². The van der Waals surface area contributed by atoms with Crippen molar-refractivity contribution in [3.05, 3.63) is 137 Å². The van der Waals surface area contributed by atoms with Crippen LogP contribution in [0, 0.1) is 0 Å². The average Bonchev–Trinajstić information content (AvgIpc) is 3.77. The summed E-state index contributed by atoms with van der Waals surface area (Å²) >= 11 is 2.71. The Labute approximate surface area is 323 Å². The van der Waals surface area contributed by atoms with E-state index in [4.69, 9.17) is 14.2 Å². The van der Waals surface area contributed by atoms with Gasteiger partial charge in [0.25, 0.3) is 0 Å². The molecule has 0 radical (unpaired) electrons. The maximum absolute atomic E-state index is 13.9. The number of amides is 1. The van der Waals surface area contributed by atoms with Crippen molar-refractivity contribution < 1.29 is 23.8 Å². The number of anilines is 1. The van der Waals surface area contributed by atoms with E-state index in [1.165, 1.54) is 28.7 Å². The van der Waals surface area contributed by atoms with Crippen LogP contribution in [0.1, 0.15) is 46.0 Å². The van der Waals surface area contributed by atoms with E-state index < -0.39 is 11.2 Å². The maximum Gasteiger partial charge on any atom is 0.341 e. The lowest BCUT2D eigenvalue weighted by atomic mass is 10.0. The fourth-order valence-corrected chi connectivity index (χ4v) is 8.64. The van der Waals surface area contributed by atoms with E-state index in [0.717, 1.165) is 34.7 Å². The molecule has 0 bridgehead atoms. The highest BCUT2D eigenvalue weighted by molar-refractivity contribution is 8.00. The van der Waals surface area contributed by atoms with E-state index in [1.807, 2.05) is 109 Å². The van der Waals surface area contributed by atoms with Crippen LogP contribution >= 0.6 is 23.1 Å². The van der Waals surface area contributed by atoms with E-state index >= 15 is 0 Å². The number of methoxy groups -OCH3 is 1. The summed E-state index contributed by atoms with van der Waals surface area (Å²) in [5.74, 6) is 1.17. The lowest BCUT2D eigenvalue weighted by Gasteiger charge is -2.27. The van der Waals surface area contributed by atoms with Crippen molar-refractivity contribution in [2.24, 2.45) is 0 Å². The molecule has 0 aliphatic carbocycles. The van der Waals surface area contributed by atoms with Gasteiger partial charge in [-0.3, -0.25) is 14.3 Å². The Bertz CT molecular complexity index is 2220. The Morgan fingerprint density at radius 1 is 0.907 bits per heavy atom. The first-order valence-corrected chi connectivity index (χ1v) is 19.5. The molecule has 0 fully saturated rings. The van der Waals surface area contributed by atoms with Crippen LogP contribution in [0.3, 0.4) is 0 Å². The zero-order valence-corrected chi connectivity index (χ0v) is 32.0. The van der Waals surface area contributed by atoms with E-state index in [0.29, 0.717) is 51.7 Å². The van der Waals surface area contributed by atoms with Crippen molar-refractivity contribution in [2.75, 3.05) is 25.6 Å². The summed E-state index contributed by atoms with van der Waals surface area (Å²) in [7, 11) is 1.61. The van der Waals surface area contributed by atoms with Gasteiger partial charge >= 0.3 is 5.97 Å². The zero-order chi connectivity index (χ0) is 37.4. The number of benzene rings is 4. The molecule has 6 aromatic rings. The van der Waals surface area contributed by atoms with Crippen molar-refractivity contribution in [2.45, 2.75) is 50.4 Å². The maximum atomic E-state index is 13.9. The molecule has 276 valence electrons. The quantitative estimate of drug-likeness (QED) is 0.0865. The normalized spacial score (nSPS) is 13.2. The van der Waals surface area contributed by atoms with Crippen LogP contribution in [0.15, 0.2) is 114 Å². The predicted octanol–water partition coefficient (Wildman–Crippen LogP) is 8.44. The molecule has 2 aromatic heterocycles. The topological polar surface area (TPSA) is 108 Å². The van der Waals surface area contributed by atoms with Gasteiger partial charge in [0.15, 0.2) is 11.0 Å². The number of nitrogens with zero attached hydrogens (tertiary/aromatic N) is 4. The van der Waals surface area contributed by atoms with Crippen LogP contribution in [-0.2, 0) is 35.6 Å². The molecular weight excluding hydrogens is 719 g/mol. The molecule has 54 heavy (non-hydrogen) atoms. The summed E-state index contributed by atoms with van der Waals surface area (Å²) in [4.78, 5) is 30.7. The highest BCUT2D eigenvalue weighted by Gasteiger charge is 2.31. The standard InChI is InChI=1S/C42H41N5O5S2/c1-4-51-41(49)38-32-23-24-46(25-29-15-7-5-8-16-29)26-36(32)54-40(38)43-39(48)28(2)53-42-45-44-37(47(42)33-20-12-14-22-35(33)50-3)27-52-34-21-13-11-19-31(34)30-17-9-6-10-18-30/h5-22,28H,4,23-27H2,1-3H3,(H,43,48). The molecule has 0 saturated carbocycles. The molecule has 1 unspecified atom stereocenters. The molecular formula is C42H41N5O5S2. The lowest BCUT2D eigenvalue weighted by Crippen LogP contribution is -2.30. The largest absolute Gasteiger partial charge is 0.495 e. The van der Waals surface area contributed by atoms with Gasteiger partial charge in [-0.25, -0.2) is 4.79 Å². The van der Waals surface area contributed by atoms with E-state index in [1.54, 1.807) is 14.0 Å². The van der Waals surface area contributed by atoms with E-state index in [2.05, 4.69) is 32.5 Å². The highest BCUT2D eigenvalue weighted by Crippen LogP contribution is 2.39. The number of rotatable bonds is 14. The first kappa shape index (κ1) is 36.9. The van der Waals surface area contributed by atoms with Gasteiger partial charge < -0.3 is 19.5 Å². The third-order valence-electron chi connectivity index (χ3n) is 9.11. The van der Waals surface area contributed by atoms with Gasteiger partial charge in [0.05, 0.1) is 30.2 Å². The third-order valence-corrected chi connectivity index (χ3v) is 11.3. The number of carbonyl (C=O) groups is 2. The minimum atomic E-state index is -0.612. The minimum absolute atomic E-state index is 0.112. The molecule has 12 heteroatoms. The van der Waals surface area contributed by atoms with Crippen LogP contribution in [0.4, 0.5) is 5.00 Å². The number of ether oxygens (including phenoxy) is 3. The van der Waals surface area contributed by atoms with Crippen molar-refractivity contribution in [3.63, 3.8) is 0 Å². The van der Waals surface area contributed by atoms with E-state index in [-0.39, 0.29) is 19.1 Å². The number of thioether (sulfide) groups is 1. The fourth-order valence-electron chi connectivity index (χ4n) is 6.48. The summed E-state index contributed by atoms with van der Waals surface area (Å²) in [6, 6.07) is 35.9. The molecule has 0 spiro atoms. The summed E-state index contributed by atoms with van der Waals surface area (Å²) < 4.78 is 19.5. The van der Waals surface area contributed by atoms with Crippen molar-refractivity contribution >= 4 is 40.0 Å². The van der Waals surface area contributed by atoms with Crippen LogP contribution < -0.4 is 14.8 Å². The number of esters is 1. The SMILES string of the molecule is CCOC(=O)c1c(NC(=O)C(C)Sc2nnc(COc3ccccc3-c3ccccc3)n2-c2ccccc2OC)sc2c1CCN(Cc1ccccc1)C2. The van der Waals surface area contributed by atoms with E-state index in [9.17, 15) is 9.59 Å². The lowest BCUT2D eigenvalue weighted by molar-refractivity contribution is -0.115. The molecule has 7 rings (SSSR count). The Hall–Kier alpha value is -5.43. The molecule has 0 saturated heterocycles. The molecule has 10 nitrogen and oxygen atoms in total. The van der Waals surface area contributed by atoms with Gasteiger partial charge in [-0.2, -0.15) is 0 Å². The number of nitrogens with one attached hydrogen (secondary N) is 1. The Morgan fingerprint density at radius 2 is 1.61 bits per heavy atom. The fraction of sp³-hybridized carbons (Fsp3) is 0.238. The predicted molar refractivity (Wildman–Crippen MR) is 213 cm³/mol. The molecule has 1 aliphatic heterocycles. The second-order valence-corrected chi connectivity index (χ2v) is 15.1. The van der Waals surface area contributed by atoms with Crippen LogP contribution in [0.2, 0.25) is 0 Å². The van der Waals surface area contributed by atoms with Gasteiger partial charge in [0.2, 0.25) is 5.91 Å². The summed E-state index contributed by atoms with van der Waals surface area (Å²) in [5.41, 5.74) is 5.35. The van der Waals surface area contributed by atoms with Crippen molar-refractivity contribution in [1.29, 1.82) is 0 Å². The third kappa shape index (κ3) is 8.20. The Morgan fingerprint density at radius 3 is 2.37 bits per heavy atom. The minimum Gasteiger partial charge on any atom is -0.495 e. The Balaban J connectivity index is 1.13. The number of para-hydroxylation sites is 3. The van der Waals surface area contributed by atoms with Crippen molar-refractivity contribution in [1.82, 2.24) is 19.7 Å². The van der Waals surface area contributed by atoms with Crippen molar-refractivity contribution in [3.8, 4) is 28.3 Å². The molecule has 3 heterocycles. The number of hydrogen-bond acceptors (Lipinski definition) is 10. The van der Waals surface area contributed by atoms with Gasteiger partial charge in [-0.15, -0.1) is 21.5 Å². The first-order valence-electron chi connectivity index (χ1n) is 17.8. The van der Waals surface area contributed by atoms with Gasteiger partial charge in [-0.05, 0) is 55.2 Å². The monoisotopic (exact) mass is 759 g/mol. The molecule has 1 N–H and O–H groups in total. The Kier molecular flexibility index (Phi) is 11.7. The number of thiophene rings is 1. The van der Waals surface area contributed by atoms with Gasteiger partial charge in [0.1, 0.15) is 23.1 Å². The first-order chi connectivity index (χ1) is 26.4. The van der Waals surface area contributed by atoms with Gasteiger partial charge in [-0.1, -0.05) is 103 Å². The second kappa shape index (κ2) is 17.1. The van der Waals surface area contributed by atoms with Crippen LogP contribution in [0.25, 0.3) is 16.8 Å². The summed E-state index contributed by atoms with van der Waals surface area (Å²) in [6.45, 7) is 6.24. The number of hydrogen-bond donors (Lipinski definition) is 1. The molecule has 1 aliphatic rings. The number of aromatic nitrogens is 3. The highest BCUT2D eigenvalue weighted by atomic mass is 32.2. The molecule has 1 amide bonds. The molecule has 1 atom stereocenters.